The van der Waals surface area contributed by atoms with E-state index in [1.54, 1.807) is 6.07 Å². The summed E-state index contributed by atoms with van der Waals surface area (Å²) >= 11 is 11.8. The zero-order valence-electron chi connectivity index (χ0n) is 14.6. The van der Waals surface area contributed by atoms with E-state index in [2.05, 4.69) is 10.6 Å². The number of rotatable bonds is 5. The van der Waals surface area contributed by atoms with Crippen molar-refractivity contribution >= 4 is 45.8 Å². The van der Waals surface area contributed by atoms with Gasteiger partial charge in [0.15, 0.2) is 0 Å². The molecule has 0 saturated heterocycles. The lowest BCUT2D eigenvalue weighted by atomic mass is 10.0. The van der Waals surface area contributed by atoms with Gasteiger partial charge < -0.3 is 10.6 Å². The number of halogens is 2. The number of hydrogen-bond donors (Lipinski definition) is 2. The Labute approximate surface area is 167 Å². The lowest BCUT2D eigenvalue weighted by molar-refractivity contribution is -0.120. The van der Waals surface area contributed by atoms with Crippen LogP contribution in [0.4, 0.5) is 0 Å². The van der Waals surface area contributed by atoms with Crippen LogP contribution in [-0.4, -0.2) is 18.4 Å². The fraction of sp³-hybridized carbons (Fsp3) is 0.143. The monoisotopic (exact) mass is 400 g/mol. The van der Waals surface area contributed by atoms with Crippen molar-refractivity contribution in [2.45, 2.75) is 13.0 Å². The molecule has 0 bridgehead atoms. The summed E-state index contributed by atoms with van der Waals surface area (Å²) in [5.41, 5.74) is 1.27. The maximum atomic E-state index is 12.2. The van der Waals surface area contributed by atoms with Crippen LogP contribution in [0, 0.1) is 0 Å². The molecule has 3 aromatic rings. The van der Waals surface area contributed by atoms with Crippen LogP contribution in [-0.2, 0) is 4.79 Å². The minimum Gasteiger partial charge on any atom is -0.348 e. The van der Waals surface area contributed by atoms with Crippen LogP contribution in [0.15, 0.2) is 60.7 Å². The molecule has 2 N–H and O–H groups in total. The van der Waals surface area contributed by atoms with Crippen molar-refractivity contribution in [2.24, 2.45) is 0 Å². The first kappa shape index (κ1) is 19.2. The van der Waals surface area contributed by atoms with E-state index in [0.717, 1.165) is 16.3 Å². The van der Waals surface area contributed by atoms with E-state index in [0.29, 0.717) is 5.02 Å². The molecule has 0 aliphatic heterocycles. The molecule has 0 aromatic heterocycles. The van der Waals surface area contributed by atoms with E-state index >= 15 is 0 Å². The number of benzene rings is 3. The Morgan fingerprint density at radius 1 is 0.963 bits per heavy atom. The Morgan fingerprint density at radius 3 is 2.44 bits per heavy atom. The summed E-state index contributed by atoms with van der Waals surface area (Å²) in [5, 5.41) is 8.39. The molecular formula is C21H18Cl2N2O2. The van der Waals surface area contributed by atoms with Crippen LogP contribution in [0.2, 0.25) is 10.0 Å². The van der Waals surface area contributed by atoms with Gasteiger partial charge in [0.05, 0.1) is 23.2 Å². The third-order valence-corrected chi connectivity index (χ3v) is 4.78. The van der Waals surface area contributed by atoms with Crippen LogP contribution in [0.3, 0.4) is 0 Å². The molecule has 0 saturated carbocycles. The number of amides is 2. The average Bonchev–Trinajstić information content (AvgIpc) is 2.65. The van der Waals surface area contributed by atoms with Crippen molar-refractivity contribution in [3.63, 3.8) is 0 Å². The second-order valence-corrected chi connectivity index (χ2v) is 7.05. The van der Waals surface area contributed by atoms with Crippen molar-refractivity contribution in [1.82, 2.24) is 10.6 Å². The summed E-state index contributed by atoms with van der Waals surface area (Å²) in [4.78, 5) is 24.4. The van der Waals surface area contributed by atoms with Crippen molar-refractivity contribution in [3.05, 3.63) is 81.8 Å². The number of nitrogens with one attached hydrogen (secondary N) is 2. The van der Waals surface area contributed by atoms with Gasteiger partial charge in [-0.05, 0) is 47.5 Å². The van der Waals surface area contributed by atoms with Gasteiger partial charge in [-0.25, -0.2) is 0 Å². The molecule has 1 atom stereocenters. The van der Waals surface area contributed by atoms with E-state index < -0.39 is 5.91 Å². The molecular weight excluding hydrogens is 383 g/mol. The Balaban J connectivity index is 1.58. The van der Waals surface area contributed by atoms with E-state index in [1.165, 1.54) is 12.1 Å². The zero-order valence-corrected chi connectivity index (χ0v) is 16.1. The molecule has 0 heterocycles. The highest BCUT2D eigenvalue weighted by Crippen LogP contribution is 2.21. The second-order valence-electron chi connectivity index (χ2n) is 6.20. The van der Waals surface area contributed by atoms with Gasteiger partial charge in [-0.15, -0.1) is 0 Å². The quantitative estimate of drug-likeness (QED) is 0.648. The first-order chi connectivity index (χ1) is 12.9. The van der Waals surface area contributed by atoms with Gasteiger partial charge in [0.25, 0.3) is 5.91 Å². The SMILES string of the molecule is CC(NC(=O)CNC(=O)c1ccc(Cl)cc1Cl)c1ccc2ccccc2c1. The molecule has 138 valence electrons. The number of carbonyl (C=O) groups is 2. The van der Waals surface area contributed by atoms with Crippen molar-refractivity contribution < 1.29 is 9.59 Å². The fourth-order valence-corrected chi connectivity index (χ4v) is 3.28. The maximum Gasteiger partial charge on any atom is 0.253 e. The molecule has 0 spiro atoms. The van der Waals surface area contributed by atoms with Crippen molar-refractivity contribution in [3.8, 4) is 0 Å². The van der Waals surface area contributed by atoms with Gasteiger partial charge in [0.1, 0.15) is 0 Å². The molecule has 6 heteroatoms. The predicted molar refractivity (Wildman–Crippen MR) is 109 cm³/mol. The Hall–Kier alpha value is -2.56. The van der Waals surface area contributed by atoms with E-state index in [1.807, 2.05) is 49.4 Å². The molecule has 27 heavy (non-hydrogen) atoms. The first-order valence-electron chi connectivity index (χ1n) is 8.45. The minimum atomic E-state index is -0.426. The largest absolute Gasteiger partial charge is 0.348 e. The Morgan fingerprint density at radius 2 is 1.70 bits per heavy atom. The third-order valence-electron chi connectivity index (χ3n) is 4.24. The third kappa shape index (κ3) is 4.79. The normalized spacial score (nSPS) is 11.8. The number of fused-ring (bicyclic) bond motifs is 1. The van der Waals surface area contributed by atoms with Gasteiger partial charge >= 0.3 is 0 Å². The number of hydrogen-bond acceptors (Lipinski definition) is 2. The van der Waals surface area contributed by atoms with Crippen LogP contribution in [0.25, 0.3) is 10.8 Å². The first-order valence-corrected chi connectivity index (χ1v) is 9.21. The van der Waals surface area contributed by atoms with Gasteiger partial charge in [-0.2, -0.15) is 0 Å². The van der Waals surface area contributed by atoms with Gasteiger partial charge in [0, 0.05) is 5.02 Å². The summed E-state index contributed by atoms with van der Waals surface area (Å²) in [6, 6.07) is 18.5. The molecule has 3 rings (SSSR count). The highest BCUT2D eigenvalue weighted by Gasteiger charge is 2.14. The molecule has 0 radical (unpaired) electrons. The van der Waals surface area contributed by atoms with Crippen LogP contribution < -0.4 is 10.6 Å². The highest BCUT2D eigenvalue weighted by molar-refractivity contribution is 6.36. The summed E-state index contributed by atoms with van der Waals surface area (Å²) < 4.78 is 0. The van der Waals surface area contributed by atoms with Crippen LogP contribution >= 0.6 is 23.2 Å². The lowest BCUT2D eigenvalue weighted by Gasteiger charge is -2.15. The summed E-state index contributed by atoms with van der Waals surface area (Å²) in [5.74, 6) is -0.709. The molecule has 0 aliphatic rings. The average molecular weight is 401 g/mol. The Kier molecular flexibility index (Phi) is 5.99. The van der Waals surface area contributed by atoms with Crippen LogP contribution in [0.5, 0.6) is 0 Å². The van der Waals surface area contributed by atoms with E-state index in [9.17, 15) is 9.59 Å². The van der Waals surface area contributed by atoms with Crippen molar-refractivity contribution in [1.29, 1.82) is 0 Å². The second kappa shape index (κ2) is 8.42. The lowest BCUT2D eigenvalue weighted by Crippen LogP contribution is -2.38. The summed E-state index contributed by atoms with van der Waals surface area (Å²) in [6.07, 6.45) is 0. The number of carbonyl (C=O) groups excluding carboxylic acids is 2. The highest BCUT2D eigenvalue weighted by atomic mass is 35.5. The molecule has 1 unspecified atom stereocenters. The topological polar surface area (TPSA) is 58.2 Å². The molecule has 3 aromatic carbocycles. The van der Waals surface area contributed by atoms with Crippen molar-refractivity contribution in [2.75, 3.05) is 6.54 Å². The van der Waals surface area contributed by atoms with E-state index in [-0.39, 0.29) is 29.1 Å². The minimum absolute atomic E-state index is 0.143. The maximum absolute atomic E-state index is 12.2. The molecule has 0 aliphatic carbocycles. The smallest absolute Gasteiger partial charge is 0.253 e. The Bertz CT molecular complexity index is 1000. The molecule has 0 fully saturated rings. The predicted octanol–water partition coefficient (Wildman–Crippen LogP) is 4.75. The van der Waals surface area contributed by atoms with E-state index in [4.69, 9.17) is 23.2 Å². The molecule has 4 nitrogen and oxygen atoms in total. The standard InChI is InChI=1S/C21H18Cl2N2O2/c1-13(15-7-6-14-4-2-3-5-16(14)10-15)25-20(26)12-24-21(27)18-9-8-17(22)11-19(18)23/h2-11,13H,12H2,1H3,(H,24,27)(H,25,26). The summed E-state index contributed by atoms with van der Waals surface area (Å²) in [7, 11) is 0. The fourth-order valence-electron chi connectivity index (χ4n) is 2.78. The van der Waals surface area contributed by atoms with Gasteiger partial charge in [-0.1, -0.05) is 59.6 Å². The van der Waals surface area contributed by atoms with Gasteiger partial charge in [0.2, 0.25) is 5.91 Å². The van der Waals surface area contributed by atoms with Crippen LogP contribution in [0.1, 0.15) is 28.9 Å². The summed E-state index contributed by atoms with van der Waals surface area (Å²) in [6.45, 7) is 1.76. The van der Waals surface area contributed by atoms with Gasteiger partial charge in [-0.3, -0.25) is 9.59 Å². The molecule has 2 amide bonds. The zero-order chi connectivity index (χ0) is 19.4.